The lowest BCUT2D eigenvalue weighted by Gasteiger charge is -2.18. The molecular formula is C15H14ClFN2O. The van der Waals surface area contributed by atoms with Crippen molar-refractivity contribution in [2.75, 3.05) is 12.8 Å². The summed E-state index contributed by atoms with van der Waals surface area (Å²) in [5, 5.41) is 0.106. The Morgan fingerprint density at radius 2 is 2.05 bits per heavy atom. The maximum atomic E-state index is 13.0. The summed E-state index contributed by atoms with van der Waals surface area (Å²) in [6, 6.07) is 11.0. The zero-order valence-corrected chi connectivity index (χ0v) is 11.7. The van der Waals surface area contributed by atoms with Gasteiger partial charge in [-0.2, -0.15) is 0 Å². The number of carbonyl (C=O) groups excluding carboxylic acids is 1. The van der Waals surface area contributed by atoms with Crippen LogP contribution in [0, 0.1) is 5.82 Å². The number of halogens is 2. The van der Waals surface area contributed by atoms with Gasteiger partial charge >= 0.3 is 0 Å². The van der Waals surface area contributed by atoms with E-state index in [1.807, 2.05) is 12.1 Å². The number of benzene rings is 2. The van der Waals surface area contributed by atoms with E-state index in [2.05, 4.69) is 0 Å². The Morgan fingerprint density at radius 3 is 2.70 bits per heavy atom. The van der Waals surface area contributed by atoms with Crippen LogP contribution in [0.4, 0.5) is 10.1 Å². The first-order chi connectivity index (χ1) is 9.47. The molecular weight excluding hydrogens is 279 g/mol. The molecule has 0 aliphatic heterocycles. The molecule has 0 saturated heterocycles. The van der Waals surface area contributed by atoms with Gasteiger partial charge in [0.25, 0.3) is 5.91 Å². The molecule has 2 N–H and O–H groups in total. The van der Waals surface area contributed by atoms with Crippen molar-refractivity contribution in [2.24, 2.45) is 0 Å². The van der Waals surface area contributed by atoms with Gasteiger partial charge in [-0.15, -0.1) is 0 Å². The third-order valence-electron chi connectivity index (χ3n) is 2.88. The van der Waals surface area contributed by atoms with Crippen LogP contribution in [0.2, 0.25) is 5.02 Å². The van der Waals surface area contributed by atoms with Gasteiger partial charge in [-0.3, -0.25) is 4.79 Å². The summed E-state index contributed by atoms with van der Waals surface area (Å²) < 4.78 is 13.0. The molecule has 0 aliphatic carbocycles. The molecule has 1 amide bonds. The van der Waals surface area contributed by atoms with Crippen molar-refractivity contribution in [1.29, 1.82) is 0 Å². The topological polar surface area (TPSA) is 46.3 Å². The number of rotatable bonds is 3. The average Bonchev–Trinajstić information content (AvgIpc) is 2.38. The molecule has 2 rings (SSSR count). The zero-order chi connectivity index (χ0) is 14.7. The molecule has 0 unspecified atom stereocenters. The van der Waals surface area contributed by atoms with Gasteiger partial charge in [-0.1, -0.05) is 23.7 Å². The standard InChI is InChI=1S/C15H14ClFN2O/c1-19(9-10-3-2-4-12(18)7-10)15(20)13-6-5-11(17)8-14(13)16/h2-8H,9,18H2,1H3. The molecule has 0 radical (unpaired) electrons. The third kappa shape index (κ3) is 3.27. The summed E-state index contributed by atoms with van der Waals surface area (Å²) in [7, 11) is 1.66. The molecule has 0 saturated carbocycles. The molecule has 0 aliphatic rings. The summed E-state index contributed by atoms with van der Waals surface area (Å²) in [5.41, 5.74) is 7.53. The number of carbonyl (C=O) groups is 1. The van der Waals surface area contributed by atoms with Crippen LogP contribution >= 0.6 is 11.6 Å². The fourth-order valence-corrected chi connectivity index (χ4v) is 2.15. The van der Waals surface area contributed by atoms with E-state index in [1.165, 1.54) is 17.0 Å². The van der Waals surface area contributed by atoms with E-state index in [0.29, 0.717) is 12.2 Å². The van der Waals surface area contributed by atoms with Crippen LogP contribution in [-0.2, 0) is 6.54 Å². The van der Waals surface area contributed by atoms with Crippen LogP contribution in [0.3, 0.4) is 0 Å². The van der Waals surface area contributed by atoms with Gasteiger partial charge in [0.15, 0.2) is 0 Å². The van der Waals surface area contributed by atoms with Crippen LogP contribution < -0.4 is 5.73 Å². The first-order valence-corrected chi connectivity index (χ1v) is 6.40. The number of nitrogens with two attached hydrogens (primary N) is 1. The Balaban J connectivity index is 2.16. The van der Waals surface area contributed by atoms with Crippen molar-refractivity contribution in [1.82, 2.24) is 4.90 Å². The molecule has 0 aromatic heterocycles. The lowest BCUT2D eigenvalue weighted by molar-refractivity contribution is 0.0785. The molecule has 104 valence electrons. The average molecular weight is 293 g/mol. The maximum Gasteiger partial charge on any atom is 0.255 e. The number of anilines is 1. The highest BCUT2D eigenvalue weighted by Crippen LogP contribution is 2.19. The van der Waals surface area contributed by atoms with Gasteiger partial charge in [0.05, 0.1) is 10.6 Å². The van der Waals surface area contributed by atoms with E-state index < -0.39 is 5.82 Å². The molecule has 5 heteroatoms. The van der Waals surface area contributed by atoms with Crippen molar-refractivity contribution in [2.45, 2.75) is 6.54 Å². The maximum absolute atomic E-state index is 13.0. The first-order valence-electron chi connectivity index (χ1n) is 6.02. The predicted molar refractivity (Wildman–Crippen MR) is 78.1 cm³/mol. The summed E-state index contributed by atoms with van der Waals surface area (Å²) in [6.07, 6.45) is 0. The van der Waals surface area contributed by atoms with Crippen LogP contribution in [0.5, 0.6) is 0 Å². The molecule has 2 aromatic carbocycles. The highest BCUT2D eigenvalue weighted by Gasteiger charge is 2.15. The summed E-state index contributed by atoms with van der Waals surface area (Å²) in [4.78, 5) is 13.8. The van der Waals surface area contributed by atoms with Gasteiger partial charge < -0.3 is 10.6 Å². The summed E-state index contributed by atoms with van der Waals surface area (Å²) in [5.74, 6) is -0.734. The van der Waals surface area contributed by atoms with Crippen molar-refractivity contribution in [3.8, 4) is 0 Å². The predicted octanol–water partition coefficient (Wildman–Crippen LogP) is 3.33. The highest BCUT2D eigenvalue weighted by molar-refractivity contribution is 6.33. The summed E-state index contributed by atoms with van der Waals surface area (Å²) in [6.45, 7) is 0.400. The lowest BCUT2D eigenvalue weighted by Crippen LogP contribution is -2.26. The van der Waals surface area contributed by atoms with E-state index in [-0.39, 0.29) is 16.5 Å². The van der Waals surface area contributed by atoms with Gasteiger partial charge in [0.1, 0.15) is 5.82 Å². The van der Waals surface area contributed by atoms with E-state index in [4.69, 9.17) is 17.3 Å². The smallest absolute Gasteiger partial charge is 0.255 e. The molecule has 20 heavy (non-hydrogen) atoms. The Kier molecular flexibility index (Phi) is 4.25. The van der Waals surface area contributed by atoms with Crippen LogP contribution in [0.15, 0.2) is 42.5 Å². The second kappa shape index (κ2) is 5.92. The number of hydrogen-bond acceptors (Lipinski definition) is 2. The normalized spacial score (nSPS) is 10.3. The van der Waals surface area contributed by atoms with E-state index in [9.17, 15) is 9.18 Å². The number of nitrogens with zero attached hydrogens (tertiary/aromatic N) is 1. The van der Waals surface area contributed by atoms with E-state index in [0.717, 1.165) is 11.6 Å². The van der Waals surface area contributed by atoms with Gasteiger partial charge in [-0.25, -0.2) is 4.39 Å². The second-order valence-corrected chi connectivity index (χ2v) is 4.94. The molecule has 0 spiro atoms. The number of nitrogen functional groups attached to an aromatic ring is 1. The van der Waals surface area contributed by atoms with Crippen LogP contribution in [0.1, 0.15) is 15.9 Å². The van der Waals surface area contributed by atoms with Crippen molar-refractivity contribution >= 4 is 23.2 Å². The van der Waals surface area contributed by atoms with Crippen LogP contribution in [-0.4, -0.2) is 17.9 Å². The molecule has 0 heterocycles. The Bertz CT molecular complexity index is 646. The van der Waals surface area contributed by atoms with Crippen molar-refractivity contribution < 1.29 is 9.18 Å². The third-order valence-corrected chi connectivity index (χ3v) is 3.19. The van der Waals surface area contributed by atoms with Gasteiger partial charge in [0.2, 0.25) is 0 Å². The Hall–Kier alpha value is -2.07. The quantitative estimate of drug-likeness (QED) is 0.882. The van der Waals surface area contributed by atoms with E-state index in [1.54, 1.807) is 19.2 Å². The molecule has 2 aromatic rings. The number of amides is 1. The van der Waals surface area contributed by atoms with E-state index >= 15 is 0 Å². The SMILES string of the molecule is CN(Cc1cccc(N)c1)C(=O)c1ccc(F)cc1Cl. The fourth-order valence-electron chi connectivity index (χ4n) is 1.91. The zero-order valence-electron chi connectivity index (χ0n) is 10.9. The molecule has 3 nitrogen and oxygen atoms in total. The minimum absolute atomic E-state index is 0.106. The van der Waals surface area contributed by atoms with Gasteiger partial charge in [0, 0.05) is 19.3 Å². The number of hydrogen-bond donors (Lipinski definition) is 1. The monoisotopic (exact) mass is 292 g/mol. The molecule has 0 fully saturated rings. The van der Waals surface area contributed by atoms with Gasteiger partial charge in [-0.05, 0) is 35.9 Å². The van der Waals surface area contributed by atoms with Crippen LogP contribution in [0.25, 0.3) is 0 Å². The molecule has 0 bridgehead atoms. The summed E-state index contributed by atoms with van der Waals surface area (Å²) >= 11 is 5.89. The molecule has 0 atom stereocenters. The Morgan fingerprint density at radius 1 is 1.30 bits per heavy atom. The van der Waals surface area contributed by atoms with Crippen molar-refractivity contribution in [3.63, 3.8) is 0 Å². The minimum Gasteiger partial charge on any atom is -0.399 e. The Labute approximate surface area is 121 Å². The second-order valence-electron chi connectivity index (χ2n) is 4.53. The fraction of sp³-hybridized carbons (Fsp3) is 0.133. The lowest BCUT2D eigenvalue weighted by atomic mass is 10.1. The first kappa shape index (κ1) is 14.3. The largest absolute Gasteiger partial charge is 0.399 e. The minimum atomic E-state index is -0.468. The highest BCUT2D eigenvalue weighted by atomic mass is 35.5. The van der Waals surface area contributed by atoms with Crippen molar-refractivity contribution in [3.05, 3.63) is 64.4 Å².